The number of rotatable bonds is 0. The molecule has 2 rings (SSSR count). The van der Waals surface area contributed by atoms with Crippen molar-refractivity contribution in [1.29, 1.82) is 0 Å². The standard InChI is InChI=1S/C8H7BN2/c1-5-2-7(9)3-6-4-10-11-8(5)6/h2-4H,1H3,(H,10,11). The number of H-pyrrole nitrogens is 1. The number of aryl methyl sites for hydroxylation is 1. The number of hydrogen-bond donors (Lipinski definition) is 1. The number of benzene rings is 1. The van der Waals surface area contributed by atoms with Gasteiger partial charge in [0.05, 0.1) is 11.7 Å². The third-order valence-corrected chi connectivity index (χ3v) is 1.77. The van der Waals surface area contributed by atoms with E-state index in [-0.39, 0.29) is 0 Å². The van der Waals surface area contributed by atoms with Crippen molar-refractivity contribution in [2.24, 2.45) is 0 Å². The zero-order valence-corrected chi connectivity index (χ0v) is 6.26. The quantitative estimate of drug-likeness (QED) is 0.538. The second-order valence-corrected chi connectivity index (χ2v) is 2.67. The molecule has 0 aliphatic heterocycles. The molecule has 0 unspecified atom stereocenters. The molecule has 0 fully saturated rings. The summed E-state index contributed by atoms with van der Waals surface area (Å²) in [6.07, 6.45) is 1.78. The summed E-state index contributed by atoms with van der Waals surface area (Å²) in [5.74, 6) is 0. The SMILES string of the molecule is [B]c1cc(C)c2[nH]ncc2c1. The highest BCUT2D eigenvalue weighted by Crippen LogP contribution is 2.11. The fraction of sp³-hybridized carbons (Fsp3) is 0.125. The molecule has 3 heteroatoms. The predicted molar refractivity (Wildman–Crippen MR) is 46.2 cm³/mol. The number of nitrogens with zero attached hydrogens (tertiary/aromatic N) is 1. The van der Waals surface area contributed by atoms with E-state index in [1.807, 2.05) is 19.1 Å². The van der Waals surface area contributed by atoms with E-state index in [1.165, 1.54) is 0 Å². The van der Waals surface area contributed by atoms with E-state index in [9.17, 15) is 0 Å². The van der Waals surface area contributed by atoms with Crippen LogP contribution in [0.2, 0.25) is 0 Å². The van der Waals surface area contributed by atoms with Crippen LogP contribution in [0.3, 0.4) is 0 Å². The molecule has 1 N–H and O–H groups in total. The normalized spacial score (nSPS) is 10.6. The first-order valence-corrected chi connectivity index (χ1v) is 3.46. The van der Waals surface area contributed by atoms with Crippen LogP contribution in [0.25, 0.3) is 10.9 Å². The molecule has 0 saturated carbocycles. The third kappa shape index (κ3) is 0.927. The van der Waals surface area contributed by atoms with Crippen LogP contribution < -0.4 is 5.46 Å². The molecule has 0 spiro atoms. The van der Waals surface area contributed by atoms with Crippen molar-refractivity contribution in [1.82, 2.24) is 10.2 Å². The van der Waals surface area contributed by atoms with Crippen LogP contribution in [-0.2, 0) is 0 Å². The van der Waals surface area contributed by atoms with Crippen molar-refractivity contribution >= 4 is 24.2 Å². The van der Waals surface area contributed by atoms with Gasteiger partial charge in [-0.15, -0.1) is 0 Å². The molecule has 11 heavy (non-hydrogen) atoms. The van der Waals surface area contributed by atoms with Crippen LogP contribution in [-0.4, -0.2) is 18.0 Å². The lowest BCUT2D eigenvalue weighted by atomic mass is 9.93. The van der Waals surface area contributed by atoms with E-state index in [2.05, 4.69) is 10.2 Å². The van der Waals surface area contributed by atoms with Crippen LogP contribution in [0.4, 0.5) is 0 Å². The molecule has 2 radical (unpaired) electrons. The summed E-state index contributed by atoms with van der Waals surface area (Å²) < 4.78 is 0. The van der Waals surface area contributed by atoms with Crippen LogP contribution in [0.1, 0.15) is 5.56 Å². The summed E-state index contributed by atoms with van der Waals surface area (Å²) in [6, 6.07) is 3.84. The van der Waals surface area contributed by atoms with Crippen molar-refractivity contribution in [2.75, 3.05) is 0 Å². The molecule has 0 saturated heterocycles. The van der Waals surface area contributed by atoms with Gasteiger partial charge in [-0.3, -0.25) is 5.10 Å². The molecule has 52 valence electrons. The van der Waals surface area contributed by atoms with Crippen molar-refractivity contribution in [3.63, 3.8) is 0 Å². The maximum absolute atomic E-state index is 5.64. The predicted octanol–water partition coefficient (Wildman–Crippen LogP) is 0.665. The summed E-state index contributed by atoms with van der Waals surface area (Å²) in [4.78, 5) is 0. The Labute approximate surface area is 66.0 Å². The second kappa shape index (κ2) is 2.12. The first-order valence-electron chi connectivity index (χ1n) is 3.46. The van der Waals surface area contributed by atoms with Gasteiger partial charge in [-0.05, 0) is 12.5 Å². The van der Waals surface area contributed by atoms with Gasteiger partial charge in [0.2, 0.25) is 0 Å². The van der Waals surface area contributed by atoms with Gasteiger partial charge >= 0.3 is 0 Å². The topological polar surface area (TPSA) is 28.7 Å². The molecule has 1 heterocycles. The Bertz CT molecular complexity index is 392. The number of fused-ring (bicyclic) bond motifs is 1. The number of aromatic nitrogens is 2. The van der Waals surface area contributed by atoms with E-state index in [0.717, 1.165) is 21.9 Å². The Hall–Kier alpha value is -1.25. The fourth-order valence-corrected chi connectivity index (χ4v) is 1.26. The Balaban J connectivity index is 2.91. The van der Waals surface area contributed by atoms with Crippen molar-refractivity contribution in [2.45, 2.75) is 6.92 Å². The van der Waals surface area contributed by atoms with E-state index in [4.69, 9.17) is 7.85 Å². The Kier molecular flexibility index (Phi) is 1.25. The molecule has 1 aromatic heterocycles. The highest BCUT2D eigenvalue weighted by molar-refractivity contribution is 6.33. The molecular formula is C8H7BN2. The number of hydrogen-bond acceptors (Lipinski definition) is 1. The number of aromatic amines is 1. The molecule has 0 atom stereocenters. The maximum Gasteiger partial charge on any atom is 0.113 e. The first-order chi connectivity index (χ1) is 5.27. The van der Waals surface area contributed by atoms with Crippen molar-refractivity contribution in [3.8, 4) is 0 Å². The Morgan fingerprint density at radius 3 is 3.09 bits per heavy atom. The lowest BCUT2D eigenvalue weighted by Crippen LogP contribution is -2.01. The number of nitrogens with one attached hydrogen (secondary N) is 1. The molecular weight excluding hydrogens is 135 g/mol. The van der Waals surface area contributed by atoms with Crippen LogP contribution in [0.5, 0.6) is 0 Å². The van der Waals surface area contributed by atoms with Gasteiger partial charge < -0.3 is 0 Å². The molecule has 0 aliphatic carbocycles. The third-order valence-electron chi connectivity index (χ3n) is 1.77. The molecule has 0 aliphatic rings. The Morgan fingerprint density at radius 2 is 2.27 bits per heavy atom. The van der Waals surface area contributed by atoms with Crippen LogP contribution in [0, 0.1) is 6.92 Å². The summed E-state index contributed by atoms with van der Waals surface area (Å²) in [5.41, 5.74) is 2.99. The smallest absolute Gasteiger partial charge is 0.113 e. The minimum atomic E-state index is 0.788. The first kappa shape index (κ1) is 6.46. The summed E-state index contributed by atoms with van der Waals surface area (Å²) in [7, 11) is 5.64. The minimum absolute atomic E-state index is 0.788. The monoisotopic (exact) mass is 142 g/mol. The second-order valence-electron chi connectivity index (χ2n) is 2.67. The molecule has 1 aromatic carbocycles. The van der Waals surface area contributed by atoms with Gasteiger partial charge in [0.25, 0.3) is 0 Å². The Morgan fingerprint density at radius 1 is 1.45 bits per heavy atom. The fourth-order valence-electron chi connectivity index (χ4n) is 1.26. The summed E-state index contributed by atoms with van der Waals surface area (Å²) in [5, 5.41) is 7.90. The molecule has 2 nitrogen and oxygen atoms in total. The molecule has 0 amide bonds. The largest absolute Gasteiger partial charge is 0.278 e. The lowest BCUT2D eigenvalue weighted by Gasteiger charge is -1.96. The van der Waals surface area contributed by atoms with E-state index in [1.54, 1.807) is 6.20 Å². The average molecular weight is 142 g/mol. The van der Waals surface area contributed by atoms with Gasteiger partial charge in [-0.1, -0.05) is 17.6 Å². The summed E-state index contributed by atoms with van der Waals surface area (Å²) in [6.45, 7) is 2.01. The zero-order valence-electron chi connectivity index (χ0n) is 6.26. The summed E-state index contributed by atoms with van der Waals surface area (Å²) >= 11 is 0. The van der Waals surface area contributed by atoms with Gasteiger partial charge in [-0.25, -0.2) is 0 Å². The molecule has 0 bridgehead atoms. The van der Waals surface area contributed by atoms with Crippen LogP contribution >= 0.6 is 0 Å². The highest BCUT2D eigenvalue weighted by Gasteiger charge is 1.98. The van der Waals surface area contributed by atoms with Gasteiger partial charge in [-0.2, -0.15) is 5.10 Å². The average Bonchev–Trinajstić information content (AvgIpc) is 2.34. The maximum atomic E-state index is 5.64. The van der Waals surface area contributed by atoms with E-state index < -0.39 is 0 Å². The van der Waals surface area contributed by atoms with E-state index >= 15 is 0 Å². The van der Waals surface area contributed by atoms with Gasteiger partial charge in [0, 0.05) is 5.39 Å². The minimum Gasteiger partial charge on any atom is -0.278 e. The highest BCUT2D eigenvalue weighted by atomic mass is 15.1. The lowest BCUT2D eigenvalue weighted by molar-refractivity contribution is 1.11. The van der Waals surface area contributed by atoms with Gasteiger partial charge in [0.15, 0.2) is 0 Å². The van der Waals surface area contributed by atoms with Crippen molar-refractivity contribution in [3.05, 3.63) is 23.9 Å². The van der Waals surface area contributed by atoms with Gasteiger partial charge in [0.1, 0.15) is 7.85 Å². The molecule has 2 aromatic rings. The van der Waals surface area contributed by atoms with Crippen molar-refractivity contribution < 1.29 is 0 Å². The zero-order chi connectivity index (χ0) is 7.84. The van der Waals surface area contributed by atoms with E-state index in [0.29, 0.717) is 0 Å². The van der Waals surface area contributed by atoms with Crippen LogP contribution in [0.15, 0.2) is 18.3 Å².